The molecule has 21 heavy (non-hydrogen) atoms. The van der Waals surface area contributed by atoms with Crippen LogP contribution in [0.5, 0.6) is 5.75 Å². The van der Waals surface area contributed by atoms with E-state index in [9.17, 15) is 0 Å². The molecule has 0 amide bonds. The minimum atomic E-state index is -0.878. The Labute approximate surface area is 126 Å². The molecule has 3 aromatic carbocycles. The highest BCUT2D eigenvalue weighted by Crippen LogP contribution is 2.36. The van der Waals surface area contributed by atoms with Crippen LogP contribution in [0.3, 0.4) is 0 Å². The molecule has 0 fully saturated rings. The lowest BCUT2D eigenvalue weighted by Gasteiger charge is -2.19. The molecule has 0 spiro atoms. The summed E-state index contributed by atoms with van der Waals surface area (Å²) in [7, 11) is -0.878. The van der Waals surface area contributed by atoms with Crippen LogP contribution in [0.4, 0.5) is 5.69 Å². The van der Waals surface area contributed by atoms with Gasteiger partial charge < -0.3 is 10.3 Å². The van der Waals surface area contributed by atoms with Gasteiger partial charge in [0.1, 0.15) is 5.75 Å². The van der Waals surface area contributed by atoms with Crippen LogP contribution in [0.15, 0.2) is 84.9 Å². The van der Waals surface area contributed by atoms with Crippen LogP contribution in [-0.4, -0.2) is 0 Å². The fourth-order valence-electron chi connectivity index (χ4n) is 2.02. The minimum absolute atomic E-state index is 0.742. The Morgan fingerprint density at radius 3 is 1.57 bits per heavy atom. The van der Waals surface area contributed by atoms with E-state index in [-0.39, 0.29) is 0 Å². The van der Waals surface area contributed by atoms with E-state index in [1.165, 1.54) is 10.6 Å². The summed E-state index contributed by atoms with van der Waals surface area (Å²) in [5, 5.41) is 2.38. The van der Waals surface area contributed by atoms with Gasteiger partial charge in [0.2, 0.25) is 0 Å². The van der Waals surface area contributed by atoms with Crippen LogP contribution in [0, 0.1) is 0 Å². The van der Waals surface area contributed by atoms with Crippen molar-refractivity contribution in [2.24, 2.45) is 0 Å². The molecule has 0 aliphatic carbocycles. The molecule has 0 bridgehead atoms. The second-order valence-electron chi connectivity index (χ2n) is 4.63. The van der Waals surface area contributed by atoms with Gasteiger partial charge in [-0.15, -0.1) is 0 Å². The molecular formula is C18H16NOP. The van der Waals surface area contributed by atoms with Gasteiger partial charge in [-0.1, -0.05) is 60.7 Å². The highest BCUT2D eigenvalue weighted by molar-refractivity contribution is 7.68. The van der Waals surface area contributed by atoms with E-state index in [4.69, 9.17) is 10.3 Å². The minimum Gasteiger partial charge on any atom is -0.464 e. The first-order valence-electron chi connectivity index (χ1n) is 6.77. The van der Waals surface area contributed by atoms with Crippen molar-refractivity contribution in [3.05, 3.63) is 84.9 Å². The Hall–Kier alpha value is -2.31. The molecule has 0 aromatic heterocycles. The van der Waals surface area contributed by atoms with Gasteiger partial charge in [0.25, 0.3) is 0 Å². The Morgan fingerprint density at radius 1 is 0.619 bits per heavy atom. The fraction of sp³-hybridized carbons (Fsp3) is 0. The number of nitrogens with two attached hydrogens (primary N) is 1. The molecule has 104 valence electrons. The molecule has 0 atom stereocenters. The summed E-state index contributed by atoms with van der Waals surface area (Å²) in [6, 6.07) is 28.2. The smallest absolute Gasteiger partial charge is 0.150 e. The van der Waals surface area contributed by atoms with E-state index in [0.29, 0.717) is 0 Å². The first kappa shape index (κ1) is 13.7. The first-order chi connectivity index (χ1) is 10.3. The Bertz CT molecular complexity index is 644. The van der Waals surface area contributed by atoms with E-state index in [1.54, 1.807) is 0 Å². The molecule has 2 N–H and O–H groups in total. The fourth-order valence-corrected chi connectivity index (χ4v) is 3.74. The molecule has 0 unspecified atom stereocenters. The van der Waals surface area contributed by atoms with Crippen LogP contribution in [0.2, 0.25) is 0 Å². The number of benzene rings is 3. The first-order valence-corrected chi connectivity index (χ1v) is 8.02. The molecule has 0 aliphatic heterocycles. The number of hydrogen-bond donors (Lipinski definition) is 1. The zero-order valence-corrected chi connectivity index (χ0v) is 12.4. The lowest BCUT2D eigenvalue weighted by Crippen LogP contribution is -2.15. The summed E-state index contributed by atoms with van der Waals surface area (Å²) < 4.78 is 6.25. The van der Waals surface area contributed by atoms with E-state index < -0.39 is 8.15 Å². The van der Waals surface area contributed by atoms with Crippen LogP contribution in [0.25, 0.3) is 0 Å². The van der Waals surface area contributed by atoms with Crippen LogP contribution in [-0.2, 0) is 0 Å². The van der Waals surface area contributed by atoms with Gasteiger partial charge >= 0.3 is 0 Å². The quantitative estimate of drug-likeness (QED) is 0.588. The standard InChI is InChI=1S/C18H16NOP/c19-15-11-13-16(14-12-15)20-21(17-7-3-1-4-8-17)18-9-5-2-6-10-18/h1-14H,19H2. The number of rotatable bonds is 4. The third-order valence-corrected chi connectivity index (χ3v) is 4.99. The highest BCUT2D eigenvalue weighted by Gasteiger charge is 2.16. The lowest BCUT2D eigenvalue weighted by atomic mass is 10.3. The Morgan fingerprint density at radius 2 is 1.10 bits per heavy atom. The second kappa shape index (κ2) is 6.43. The highest BCUT2D eigenvalue weighted by atomic mass is 31.1. The molecule has 0 radical (unpaired) electrons. The molecule has 3 rings (SSSR count). The van der Waals surface area contributed by atoms with Gasteiger partial charge in [-0.25, -0.2) is 0 Å². The summed E-state index contributed by atoms with van der Waals surface area (Å²) in [5.74, 6) is 0.836. The van der Waals surface area contributed by atoms with Crippen LogP contribution >= 0.6 is 8.15 Å². The van der Waals surface area contributed by atoms with Gasteiger partial charge in [0.05, 0.1) is 0 Å². The summed E-state index contributed by atoms with van der Waals surface area (Å²) >= 11 is 0. The maximum absolute atomic E-state index is 6.25. The largest absolute Gasteiger partial charge is 0.464 e. The van der Waals surface area contributed by atoms with E-state index in [2.05, 4.69) is 24.3 Å². The molecule has 0 saturated carbocycles. The Kier molecular flexibility index (Phi) is 4.18. The third kappa shape index (κ3) is 3.42. The summed E-state index contributed by atoms with van der Waals surface area (Å²) in [4.78, 5) is 0. The topological polar surface area (TPSA) is 35.2 Å². The van der Waals surface area contributed by atoms with Crippen molar-refractivity contribution in [3.8, 4) is 5.75 Å². The molecule has 0 heterocycles. The van der Waals surface area contributed by atoms with Crippen molar-refractivity contribution in [1.29, 1.82) is 0 Å². The zero-order chi connectivity index (χ0) is 14.5. The molecule has 2 nitrogen and oxygen atoms in total. The van der Waals surface area contributed by atoms with E-state index in [1.807, 2.05) is 60.7 Å². The molecule has 0 aliphatic rings. The van der Waals surface area contributed by atoms with Gasteiger partial charge in [-0.05, 0) is 24.3 Å². The van der Waals surface area contributed by atoms with Gasteiger partial charge in [0, 0.05) is 16.3 Å². The second-order valence-corrected chi connectivity index (χ2v) is 6.43. The average Bonchev–Trinajstić information content (AvgIpc) is 2.56. The van der Waals surface area contributed by atoms with Crippen molar-refractivity contribution in [2.75, 3.05) is 5.73 Å². The van der Waals surface area contributed by atoms with E-state index >= 15 is 0 Å². The van der Waals surface area contributed by atoms with Crippen LogP contribution < -0.4 is 20.9 Å². The molecular weight excluding hydrogens is 277 g/mol. The monoisotopic (exact) mass is 293 g/mol. The average molecular weight is 293 g/mol. The van der Waals surface area contributed by atoms with Crippen molar-refractivity contribution in [1.82, 2.24) is 0 Å². The number of nitrogen functional groups attached to an aromatic ring is 1. The number of anilines is 1. The number of hydrogen-bond acceptors (Lipinski definition) is 2. The lowest BCUT2D eigenvalue weighted by molar-refractivity contribution is 0.630. The third-order valence-electron chi connectivity index (χ3n) is 3.06. The zero-order valence-electron chi connectivity index (χ0n) is 11.5. The SMILES string of the molecule is Nc1ccc(OP(c2ccccc2)c2ccccc2)cc1. The maximum atomic E-state index is 6.25. The normalized spacial score (nSPS) is 10.5. The molecule has 3 heteroatoms. The van der Waals surface area contributed by atoms with Gasteiger partial charge in [-0.3, -0.25) is 0 Å². The van der Waals surface area contributed by atoms with Gasteiger partial charge in [0.15, 0.2) is 8.15 Å². The molecule has 3 aromatic rings. The molecule has 0 saturated heterocycles. The van der Waals surface area contributed by atoms with Crippen molar-refractivity contribution >= 4 is 24.4 Å². The summed E-state index contributed by atoms with van der Waals surface area (Å²) in [6.45, 7) is 0. The van der Waals surface area contributed by atoms with Crippen molar-refractivity contribution in [2.45, 2.75) is 0 Å². The predicted octanol–water partition coefficient (Wildman–Crippen LogP) is 3.70. The van der Waals surface area contributed by atoms with Crippen molar-refractivity contribution < 1.29 is 4.52 Å². The van der Waals surface area contributed by atoms with E-state index in [0.717, 1.165) is 11.4 Å². The summed E-state index contributed by atoms with van der Waals surface area (Å²) in [6.07, 6.45) is 0. The van der Waals surface area contributed by atoms with Crippen molar-refractivity contribution in [3.63, 3.8) is 0 Å². The van der Waals surface area contributed by atoms with Crippen LogP contribution in [0.1, 0.15) is 0 Å². The van der Waals surface area contributed by atoms with Gasteiger partial charge in [-0.2, -0.15) is 0 Å². The summed E-state index contributed by atoms with van der Waals surface area (Å²) in [5.41, 5.74) is 6.47. The Balaban J connectivity index is 1.95. The maximum Gasteiger partial charge on any atom is 0.150 e. The predicted molar refractivity (Wildman–Crippen MR) is 90.6 cm³/mol.